The van der Waals surface area contributed by atoms with E-state index in [1.54, 1.807) is 11.3 Å². The highest BCUT2D eigenvalue weighted by molar-refractivity contribution is 7.10. The maximum atomic E-state index is 4.81. The second kappa shape index (κ2) is 2.01. The van der Waals surface area contributed by atoms with Gasteiger partial charge in [-0.3, -0.25) is 0 Å². The zero-order valence-electron chi connectivity index (χ0n) is 4.59. The molecule has 0 unspecified atom stereocenters. The molecule has 0 saturated carbocycles. The van der Waals surface area contributed by atoms with Crippen molar-refractivity contribution in [1.29, 1.82) is 0 Å². The van der Waals surface area contributed by atoms with E-state index >= 15 is 0 Å². The second-order valence-corrected chi connectivity index (χ2v) is 2.55. The van der Waals surface area contributed by atoms with Gasteiger partial charge < -0.3 is 4.89 Å². The highest BCUT2D eigenvalue weighted by atomic mass is 32.1. The average molecular weight is 140 g/mol. The molecular formula is C6H4O2S. The molecule has 0 spiro atoms. The summed E-state index contributed by atoms with van der Waals surface area (Å²) in [4.78, 5) is 10.5. The van der Waals surface area contributed by atoms with Crippen LogP contribution in [0.4, 0.5) is 0 Å². The summed E-state index contributed by atoms with van der Waals surface area (Å²) in [6.07, 6.45) is 3.01. The van der Waals surface area contributed by atoms with E-state index in [-0.39, 0.29) is 0 Å². The van der Waals surface area contributed by atoms with Gasteiger partial charge in [-0.05, 0) is 11.4 Å². The van der Waals surface area contributed by atoms with Crippen molar-refractivity contribution in [2.45, 2.75) is 0 Å². The smallest absolute Gasteiger partial charge is 0.179 e. The first-order chi connectivity index (χ1) is 4.47. The fraction of sp³-hybridized carbons (Fsp3) is 0.167. The van der Waals surface area contributed by atoms with Crippen LogP contribution in [0.15, 0.2) is 11.4 Å². The number of rotatable bonds is 0. The molecule has 0 aliphatic carbocycles. The lowest BCUT2D eigenvalue weighted by Gasteiger charge is -2.08. The molecule has 0 saturated heterocycles. The number of hydrogen-bond acceptors (Lipinski definition) is 3. The zero-order chi connectivity index (χ0) is 6.10. The van der Waals surface area contributed by atoms with Crippen molar-refractivity contribution < 1.29 is 9.78 Å². The summed E-state index contributed by atoms with van der Waals surface area (Å²) in [6, 6.07) is 1.87. The Morgan fingerprint density at radius 2 is 2.67 bits per heavy atom. The highest BCUT2D eigenvalue weighted by Crippen LogP contribution is 2.29. The topological polar surface area (TPSA) is 18.5 Å². The van der Waals surface area contributed by atoms with E-state index in [9.17, 15) is 0 Å². The molecule has 1 aromatic rings. The van der Waals surface area contributed by atoms with Crippen molar-refractivity contribution in [3.05, 3.63) is 22.7 Å². The van der Waals surface area contributed by atoms with Crippen LogP contribution in [0.25, 0.3) is 0 Å². The molecule has 2 radical (unpaired) electrons. The van der Waals surface area contributed by atoms with Crippen LogP contribution in [0, 0.1) is 6.42 Å². The summed E-state index contributed by atoms with van der Waals surface area (Å²) in [5, 5.41) is 1.95. The quantitative estimate of drug-likeness (QED) is 0.508. The Balaban J connectivity index is 2.39. The summed E-state index contributed by atoms with van der Waals surface area (Å²) in [5.41, 5.74) is 0. The van der Waals surface area contributed by atoms with Gasteiger partial charge in [0.25, 0.3) is 0 Å². The van der Waals surface area contributed by atoms with Gasteiger partial charge in [-0.1, -0.05) is 0 Å². The maximum Gasteiger partial charge on any atom is 0.179 e. The predicted molar refractivity (Wildman–Crippen MR) is 33.2 cm³/mol. The highest BCUT2D eigenvalue weighted by Gasteiger charge is 2.12. The molecule has 2 nitrogen and oxygen atoms in total. The van der Waals surface area contributed by atoms with E-state index in [1.807, 2.05) is 11.4 Å². The third-order valence-electron chi connectivity index (χ3n) is 1.07. The van der Waals surface area contributed by atoms with Gasteiger partial charge in [0, 0.05) is 0 Å². The van der Waals surface area contributed by atoms with E-state index in [1.165, 1.54) is 0 Å². The van der Waals surface area contributed by atoms with Crippen LogP contribution in [-0.4, -0.2) is 6.61 Å². The first kappa shape index (κ1) is 5.26. The van der Waals surface area contributed by atoms with Crippen molar-refractivity contribution in [1.82, 2.24) is 0 Å². The Bertz CT molecular complexity index is 186. The molecule has 46 valence electrons. The van der Waals surface area contributed by atoms with Crippen molar-refractivity contribution in [2.75, 3.05) is 6.61 Å². The third kappa shape index (κ3) is 0.821. The fourth-order valence-corrected chi connectivity index (χ4v) is 1.37. The lowest BCUT2D eigenvalue weighted by Crippen LogP contribution is -2.06. The number of hydrogen-bond donors (Lipinski definition) is 0. The molecule has 0 fully saturated rings. The molecule has 2 heterocycles. The summed E-state index contributed by atoms with van der Waals surface area (Å²) < 4.78 is 0. The Kier molecular flexibility index (Phi) is 1.17. The van der Waals surface area contributed by atoms with Gasteiger partial charge in [0.05, 0.1) is 11.3 Å². The standard InChI is InChI=1S/C6H4O2S/c1-3-7-8-5-2-4-9-6(1)5/h2,4H,3H2. The molecule has 0 atom stereocenters. The molecule has 1 aliphatic rings. The minimum absolute atomic E-state index is 0.438. The largest absolute Gasteiger partial charge is 0.336 e. The van der Waals surface area contributed by atoms with Gasteiger partial charge in [-0.2, -0.15) is 4.89 Å². The molecule has 0 amide bonds. The van der Waals surface area contributed by atoms with Gasteiger partial charge in [-0.15, -0.1) is 11.3 Å². The lowest BCUT2D eigenvalue weighted by molar-refractivity contribution is -0.204. The van der Waals surface area contributed by atoms with Crippen molar-refractivity contribution in [3.8, 4) is 5.75 Å². The van der Waals surface area contributed by atoms with Crippen LogP contribution in [-0.2, 0) is 4.89 Å². The first-order valence-electron chi connectivity index (χ1n) is 2.57. The molecule has 9 heavy (non-hydrogen) atoms. The molecule has 1 aliphatic heterocycles. The Hall–Kier alpha value is -0.540. The summed E-state index contributed by atoms with van der Waals surface area (Å²) >= 11 is 1.61. The van der Waals surface area contributed by atoms with Gasteiger partial charge in [0.2, 0.25) is 0 Å². The molecule has 3 heteroatoms. The first-order valence-corrected chi connectivity index (χ1v) is 3.45. The maximum absolute atomic E-state index is 4.81. The number of fused-ring (bicyclic) bond motifs is 1. The zero-order valence-corrected chi connectivity index (χ0v) is 5.40. The minimum Gasteiger partial charge on any atom is -0.336 e. The molecule has 0 N–H and O–H groups in total. The van der Waals surface area contributed by atoms with Crippen molar-refractivity contribution in [2.24, 2.45) is 0 Å². The SMILES string of the molecule is [C]1COOc2ccsc21. The van der Waals surface area contributed by atoms with E-state index in [0.717, 1.165) is 10.6 Å². The van der Waals surface area contributed by atoms with Crippen molar-refractivity contribution >= 4 is 11.3 Å². The summed E-state index contributed by atoms with van der Waals surface area (Å²) in [7, 11) is 0. The second-order valence-electron chi connectivity index (χ2n) is 1.64. The summed E-state index contributed by atoms with van der Waals surface area (Å²) in [5.74, 6) is 0.784. The van der Waals surface area contributed by atoms with Crippen LogP contribution in [0.1, 0.15) is 4.88 Å². The van der Waals surface area contributed by atoms with Gasteiger partial charge in [-0.25, -0.2) is 0 Å². The molecule has 0 bridgehead atoms. The number of thiophene rings is 1. The predicted octanol–water partition coefficient (Wildman–Crippen LogP) is 1.50. The van der Waals surface area contributed by atoms with E-state index in [2.05, 4.69) is 11.3 Å². The molecule has 1 aromatic heterocycles. The van der Waals surface area contributed by atoms with Crippen molar-refractivity contribution in [3.63, 3.8) is 0 Å². The molecule has 0 aromatic carbocycles. The van der Waals surface area contributed by atoms with Crippen LogP contribution >= 0.6 is 11.3 Å². The Morgan fingerprint density at radius 1 is 1.67 bits per heavy atom. The minimum atomic E-state index is 0.438. The summed E-state index contributed by atoms with van der Waals surface area (Å²) in [6.45, 7) is 0.438. The fourth-order valence-electron chi connectivity index (χ4n) is 0.680. The van der Waals surface area contributed by atoms with E-state index < -0.39 is 0 Å². The third-order valence-corrected chi connectivity index (χ3v) is 1.92. The Morgan fingerprint density at radius 3 is 3.56 bits per heavy atom. The molecular weight excluding hydrogens is 136 g/mol. The van der Waals surface area contributed by atoms with Gasteiger partial charge in [0.1, 0.15) is 6.61 Å². The monoisotopic (exact) mass is 140 g/mol. The average Bonchev–Trinajstić information content (AvgIpc) is 2.33. The lowest BCUT2D eigenvalue weighted by atomic mass is 10.3. The van der Waals surface area contributed by atoms with Crippen LogP contribution in [0.3, 0.4) is 0 Å². The normalized spacial score (nSPS) is 16.4. The van der Waals surface area contributed by atoms with Crippen LogP contribution < -0.4 is 4.89 Å². The van der Waals surface area contributed by atoms with Gasteiger partial charge >= 0.3 is 0 Å². The Labute approximate surface area is 57.0 Å². The molecule has 2 rings (SSSR count). The van der Waals surface area contributed by atoms with E-state index in [4.69, 9.17) is 4.89 Å². The van der Waals surface area contributed by atoms with Gasteiger partial charge in [0.15, 0.2) is 5.75 Å². The van der Waals surface area contributed by atoms with E-state index in [0.29, 0.717) is 6.61 Å². The van der Waals surface area contributed by atoms with Crippen LogP contribution in [0.5, 0.6) is 5.75 Å². The van der Waals surface area contributed by atoms with Crippen LogP contribution in [0.2, 0.25) is 0 Å².